The molecule has 2 fully saturated rings. The lowest BCUT2D eigenvalue weighted by Gasteiger charge is -2.48. The average molecular weight is 254 g/mol. The summed E-state index contributed by atoms with van der Waals surface area (Å²) in [5.41, 5.74) is 0. The zero-order valence-electron chi connectivity index (χ0n) is 12.5. The largest absolute Gasteiger partial charge is 0.391 e. The first-order valence-electron chi connectivity index (χ1n) is 7.65. The Morgan fingerprint density at radius 2 is 1.89 bits per heavy atom. The van der Waals surface area contributed by atoms with E-state index >= 15 is 0 Å². The van der Waals surface area contributed by atoms with Gasteiger partial charge in [0, 0.05) is 31.7 Å². The molecule has 5 atom stereocenters. The van der Waals surface area contributed by atoms with Crippen LogP contribution in [0.3, 0.4) is 0 Å². The summed E-state index contributed by atoms with van der Waals surface area (Å²) in [6, 6.07) is 1.06. The van der Waals surface area contributed by atoms with Crippen molar-refractivity contribution >= 4 is 0 Å². The molecule has 0 radical (unpaired) electrons. The van der Waals surface area contributed by atoms with Crippen molar-refractivity contribution in [2.45, 2.75) is 58.2 Å². The lowest BCUT2D eigenvalue weighted by Crippen LogP contribution is -2.59. The Bertz CT molecular complexity index is 259. The first kappa shape index (κ1) is 14.3. The summed E-state index contributed by atoms with van der Waals surface area (Å²) in [5.74, 6) is 1.31. The predicted octanol–water partition coefficient (Wildman–Crippen LogP) is 1.81. The molecule has 1 aliphatic carbocycles. The van der Waals surface area contributed by atoms with Crippen LogP contribution in [0.5, 0.6) is 0 Å². The number of hydrogen-bond donors (Lipinski definition) is 1. The fourth-order valence-electron chi connectivity index (χ4n) is 4.09. The van der Waals surface area contributed by atoms with Gasteiger partial charge in [-0.25, -0.2) is 0 Å². The van der Waals surface area contributed by atoms with Gasteiger partial charge in [-0.2, -0.15) is 0 Å². The van der Waals surface area contributed by atoms with E-state index in [4.69, 9.17) is 0 Å². The normalized spacial score (nSPS) is 44.2. The van der Waals surface area contributed by atoms with Gasteiger partial charge in [0.2, 0.25) is 0 Å². The van der Waals surface area contributed by atoms with Crippen molar-refractivity contribution in [2.75, 3.05) is 26.7 Å². The maximum Gasteiger partial charge on any atom is 0.0700 e. The van der Waals surface area contributed by atoms with E-state index in [-0.39, 0.29) is 6.10 Å². The molecule has 0 aromatic rings. The Hall–Kier alpha value is -0.120. The van der Waals surface area contributed by atoms with Crippen molar-refractivity contribution in [3.8, 4) is 0 Å². The van der Waals surface area contributed by atoms with Crippen LogP contribution in [0.2, 0.25) is 0 Å². The molecule has 3 nitrogen and oxygen atoms in total. The van der Waals surface area contributed by atoms with E-state index in [2.05, 4.69) is 37.6 Å². The number of hydrogen-bond acceptors (Lipinski definition) is 3. The van der Waals surface area contributed by atoms with Crippen LogP contribution < -0.4 is 0 Å². The van der Waals surface area contributed by atoms with Crippen molar-refractivity contribution in [1.82, 2.24) is 9.80 Å². The van der Waals surface area contributed by atoms with Gasteiger partial charge in [-0.3, -0.25) is 4.90 Å². The lowest BCUT2D eigenvalue weighted by molar-refractivity contribution is -0.0505. The van der Waals surface area contributed by atoms with Gasteiger partial charge in [-0.1, -0.05) is 20.8 Å². The average Bonchev–Trinajstić information content (AvgIpc) is 2.30. The topological polar surface area (TPSA) is 26.7 Å². The Morgan fingerprint density at radius 3 is 2.50 bits per heavy atom. The lowest BCUT2D eigenvalue weighted by atomic mass is 9.77. The molecular formula is C15H30N2O. The molecule has 1 N–H and O–H groups in total. The molecule has 1 aliphatic heterocycles. The summed E-state index contributed by atoms with van der Waals surface area (Å²) in [6.07, 6.45) is 3.34. The number of aliphatic hydroxyl groups is 1. The van der Waals surface area contributed by atoms with Gasteiger partial charge in [-0.15, -0.1) is 0 Å². The second kappa shape index (κ2) is 5.89. The van der Waals surface area contributed by atoms with Gasteiger partial charge >= 0.3 is 0 Å². The molecule has 5 unspecified atom stereocenters. The Labute approximate surface area is 112 Å². The molecule has 0 aromatic heterocycles. The van der Waals surface area contributed by atoms with E-state index in [1.165, 1.54) is 12.8 Å². The minimum atomic E-state index is -0.121. The smallest absolute Gasteiger partial charge is 0.0700 e. The number of likely N-dealkylation sites (N-methyl/N-ethyl adjacent to an activating group) is 1. The van der Waals surface area contributed by atoms with Crippen LogP contribution in [0, 0.1) is 11.8 Å². The number of piperazine rings is 1. The molecule has 2 aliphatic rings. The molecule has 1 saturated carbocycles. The summed E-state index contributed by atoms with van der Waals surface area (Å²) in [7, 11) is 2.23. The van der Waals surface area contributed by atoms with E-state index in [0.717, 1.165) is 26.1 Å². The molecule has 1 heterocycles. The van der Waals surface area contributed by atoms with Crippen molar-refractivity contribution in [3.63, 3.8) is 0 Å². The zero-order chi connectivity index (χ0) is 13.3. The Kier molecular flexibility index (Phi) is 4.68. The Balaban J connectivity index is 2.02. The molecule has 1 saturated heterocycles. The quantitative estimate of drug-likeness (QED) is 0.814. The van der Waals surface area contributed by atoms with Gasteiger partial charge in [0.15, 0.2) is 0 Å². The minimum absolute atomic E-state index is 0.121. The summed E-state index contributed by atoms with van der Waals surface area (Å²) >= 11 is 0. The molecule has 106 valence electrons. The standard InChI is InChI=1S/C15H30N2O/c1-5-13-10-17(7-6-16(13)4)15-12(3)8-11(2)9-14(15)18/h11-15,18H,5-10H2,1-4H3. The highest BCUT2D eigenvalue weighted by Gasteiger charge is 2.38. The van der Waals surface area contributed by atoms with E-state index in [9.17, 15) is 5.11 Å². The predicted molar refractivity (Wildman–Crippen MR) is 75.6 cm³/mol. The van der Waals surface area contributed by atoms with Gasteiger partial charge in [0.1, 0.15) is 0 Å². The van der Waals surface area contributed by atoms with E-state index in [1.807, 2.05) is 0 Å². The van der Waals surface area contributed by atoms with Crippen molar-refractivity contribution in [2.24, 2.45) is 11.8 Å². The van der Waals surface area contributed by atoms with Crippen molar-refractivity contribution in [1.29, 1.82) is 0 Å². The van der Waals surface area contributed by atoms with Crippen molar-refractivity contribution in [3.05, 3.63) is 0 Å². The van der Waals surface area contributed by atoms with Crippen LogP contribution in [0.4, 0.5) is 0 Å². The van der Waals surface area contributed by atoms with Crippen LogP contribution in [0.1, 0.15) is 40.0 Å². The van der Waals surface area contributed by atoms with Crippen molar-refractivity contribution < 1.29 is 5.11 Å². The number of aliphatic hydroxyl groups excluding tert-OH is 1. The van der Waals surface area contributed by atoms with Crippen LogP contribution in [0.25, 0.3) is 0 Å². The third kappa shape index (κ3) is 2.89. The number of nitrogens with zero attached hydrogens (tertiary/aromatic N) is 2. The molecule has 2 rings (SSSR count). The van der Waals surface area contributed by atoms with E-state index < -0.39 is 0 Å². The van der Waals surface area contributed by atoms with Crippen LogP contribution in [-0.4, -0.2) is 59.8 Å². The molecule has 0 bridgehead atoms. The van der Waals surface area contributed by atoms with Gasteiger partial charge in [0.25, 0.3) is 0 Å². The monoisotopic (exact) mass is 254 g/mol. The zero-order valence-corrected chi connectivity index (χ0v) is 12.5. The Morgan fingerprint density at radius 1 is 1.17 bits per heavy atom. The second-order valence-corrected chi connectivity index (χ2v) is 6.65. The van der Waals surface area contributed by atoms with Gasteiger partial charge < -0.3 is 10.0 Å². The first-order valence-corrected chi connectivity index (χ1v) is 7.65. The highest BCUT2D eigenvalue weighted by atomic mass is 16.3. The third-order valence-corrected chi connectivity index (χ3v) is 5.10. The second-order valence-electron chi connectivity index (χ2n) is 6.65. The number of rotatable bonds is 2. The minimum Gasteiger partial charge on any atom is -0.391 e. The fraction of sp³-hybridized carbons (Fsp3) is 1.00. The maximum atomic E-state index is 10.4. The molecule has 0 aromatic carbocycles. The molecule has 3 heteroatoms. The van der Waals surface area contributed by atoms with E-state index in [0.29, 0.717) is 23.9 Å². The molecular weight excluding hydrogens is 224 g/mol. The first-order chi connectivity index (χ1) is 8.52. The summed E-state index contributed by atoms with van der Waals surface area (Å²) in [4.78, 5) is 5.04. The van der Waals surface area contributed by atoms with Crippen LogP contribution >= 0.6 is 0 Å². The summed E-state index contributed by atoms with van der Waals surface area (Å²) < 4.78 is 0. The molecule has 0 amide bonds. The maximum absolute atomic E-state index is 10.4. The highest BCUT2D eigenvalue weighted by Crippen LogP contribution is 2.33. The SMILES string of the molecule is CCC1CN(C2C(C)CC(C)CC2O)CCN1C. The van der Waals surface area contributed by atoms with Crippen LogP contribution in [-0.2, 0) is 0 Å². The molecule has 0 spiro atoms. The fourth-order valence-corrected chi connectivity index (χ4v) is 4.09. The highest BCUT2D eigenvalue weighted by molar-refractivity contribution is 4.93. The van der Waals surface area contributed by atoms with Gasteiger partial charge in [0.05, 0.1) is 6.10 Å². The summed E-state index contributed by atoms with van der Waals surface area (Å²) in [5, 5.41) is 10.4. The molecule has 18 heavy (non-hydrogen) atoms. The third-order valence-electron chi connectivity index (χ3n) is 5.10. The van der Waals surface area contributed by atoms with Gasteiger partial charge in [-0.05, 0) is 38.1 Å². The van der Waals surface area contributed by atoms with Crippen LogP contribution in [0.15, 0.2) is 0 Å². The van der Waals surface area contributed by atoms with E-state index in [1.54, 1.807) is 0 Å². The summed E-state index contributed by atoms with van der Waals surface area (Å²) in [6.45, 7) is 10.3.